The van der Waals surface area contributed by atoms with Gasteiger partial charge in [0.25, 0.3) is 0 Å². The van der Waals surface area contributed by atoms with E-state index in [1.54, 1.807) is 24.5 Å². The van der Waals surface area contributed by atoms with Crippen molar-refractivity contribution in [2.75, 3.05) is 18.2 Å². The Balaban J connectivity index is 1.97. The molecule has 1 atom stereocenters. The first-order valence-corrected chi connectivity index (χ1v) is 9.80. The summed E-state index contributed by atoms with van der Waals surface area (Å²) in [4.78, 5) is 12.9. The number of benzene rings is 2. The highest BCUT2D eigenvalue weighted by Gasteiger charge is 2.06. The Morgan fingerprint density at radius 1 is 1.20 bits per heavy atom. The van der Waals surface area contributed by atoms with Gasteiger partial charge in [-0.15, -0.1) is 0 Å². The van der Waals surface area contributed by atoms with Crippen LogP contribution in [-0.2, 0) is 16.0 Å². The first-order chi connectivity index (χ1) is 12.1. The van der Waals surface area contributed by atoms with Crippen molar-refractivity contribution in [1.29, 1.82) is 0 Å². The zero-order chi connectivity index (χ0) is 18.1. The molecule has 132 valence electrons. The van der Waals surface area contributed by atoms with Crippen molar-refractivity contribution in [3.05, 3.63) is 60.2 Å². The number of rotatable bonds is 8. The van der Waals surface area contributed by atoms with Crippen LogP contribution in [0, 0.1) is 0 Å². The van der Waals surface area contributed by atoms with Crippen molar-refractivity contribution in [1.82, 2.24) is 0 Å². The number of hydrogen-bond acceptors (Lipinski definition) is 3. The van der Waals surface area contributed by atoms with Gasteiger partial charge in [-0.2, -0.15) is 0 Å². The summed E-state index contributed by atoms with van der Waals surface area (Å²) in [5, 5.41) is 2.84. The number of ether oxygens (including phenoxy) is 1. The van der Waals surface area contributed by atoms with Gasteiger partial charge >= 0.3 is 0 Å². The van der Waals surface area contributed by atoms with Crippen LogP contribution in [0.2, 0.25) is 0 Å². The van der Waals surface area contributed by atoms with Gasteiger partial charge < -0.3 is 14.6 Å². The van der Waals surface area contributed by atoms with Crippen molar-refractivity contribution in [3.63, 3.8) is 0 Å². The van der Waals surface area contributed by atoms with E-state index in [0.29, 0.717) is 18.0 Å². The number of unbranched alkanes of at least 4 members (excludes halogenated alkanes) is 1. The Hall–Kier alpha value is -2.24. The standard InChI is InChI=1S/C20H23NO3S/c1-3-4-15-24-19-8-6-5-7-18(19)21-20(22)14-11-16-9-12-17(13-10-16)25(2)23/h5-14H,3-4,15H2,1-2H3,(H,21,22)/b14-11+. The highest BCUT2D eigenvalue weighted by molar-refractivity contribution is 7.90. The summed E-state index contributed by atoms with van der Waals surface area (Å²) < 4.78 is 17.1. The Kier molecular flexibility index (Phi) is 7.57. The molecule has 1 amide bonds. The summed E-state index contributed by atoms with van der Waals surface area (Å²) in [6.07, 6.45) is 6.86. The molecule has 2 aromatic rings. The van der Waals surface area contributed by atoms with Gasteiger partial charge in [0, 0.05) is 6.08 Å². The fourth-order valence-electron chi connectivity index (χ4n) is 2.14. The molecule has 1 N–H and O–H groups in total. The van der Waals surface area contributed by atoms with Gasteiger partial charge in [-0.3, -0.25) is 4.79 Å². The smallest absolute Gasteiger partial charge is 0.248 e. The molecule has 25 heavy (non-hydrogen) atoms. The minimum atomic E-state index is -1.00. The van der Waals surface area contributed by atoms with E-state index in [1.165, 1.54) is 6.08 Å². The molecular weight excluding hydrogens is 334 g/mol. The maximum atomic E-state index is 12.1. The molecule has 1 unspecified atom stereocenters. The maximum Gasteiger partial charge on any atom is 0.248 e. The summed E-state index contributed by atoms with van der Waals surface area (Å²) >= 11 is -1.00. The third kappa shape index (κ3) is 6.29. The lowest BCUT2D eigenvalue weighted by Crippen LogP contribution is -2.09. The van der Waals surface area contributed by atoms with E-state index in [4.69, 9.17) is 4.74 Å². The molecular formula is C20H23NO3S. The van der Waals surface area contributed by atoms with Crippen LogP contribution >= 0.6 is 0 Å². The molecule has 0 aliphatic rings. The number of nitrogens with one attached hydrogen (secondary N) is 1. The lowest BCUT2D eigenvalue weighted by atomic mass is 10.2. The van der Waals surface area contributed by atoms with E-state index in [0.717, 1.165) is 23.3 Å². The Morgan fingerprint density at radius 2 is 1.92 bits per heavy atom. The Labute approximate surface area is 152 Å². The summed E-state index contributed by atoms with van der Waals surface area (Å²) in [5.41, 5.74) is 1.53. The molecule has 2 rings (SSSR count). The largest absolute Gasteiger partial charge is 0.612 e. The summed E-state index contributed by atoms with van der Waals surface area (Å²) in [7, 11) is 0. The van der Waals surface area contributed by atoms with E-state index in [9.17, 15) is 9.35 Å². The van der Waals surface area contributed by atoms with Crippen molar-refractivity contribution >= 4 is 28.8 Å². The average molecular weight is 357 g/mol. The number of carbonyl (C=O) groups excluding carboxylic acids is 1. The van der Waals surface area contributed by atoms with Gasteiger partial charge in [0.2, 0.25) is 5.91 Å². The third-order valence-electron chi connectivity index (χ3n) is 3.54. The lowest BCUT2D eigenvalue weighted by Gasteiger charge is -2.11. The van der Waals surface area contributed by atoms with Gasteiger partial charge in [0.05, 0.1) is 12.3 Å². The van der Waals surface area contributed by atoms with Crippen molar-refractivity contribution in [2.24, 2.45) is 0 Å². The monoisotopic (exact) mass is 357 g/mol. The Bertz CT molecular complexity index is 711. The van der Waals surface area contributed by atoms with E-state index in [2.05, 4.69) is 12.2 Å². The minimum Gasteiger partial charge on any atom is -0.612 e. The van der Waals surface area contributed by atoms with Crippen LogP contribution < -0.4 is 10.1 Å². The van der Waals surface area contributed by atoms with Crippen molar-refractivity contribution < 1.29 is 14.1 Å². The quantitative estimate of drug-likeness (QED) is 0.436. The molecule has 0 aromatic heterocycles. The molecule has 0 heterocycles. The van der Waals surface area contributed by atoms with Crippen LogP contribution in [0.15, 0.2) is 59.5 Å². The highest BCUT2D eigenvalue weighted by Crippen LogP contribution is 2.24. The number of carbonyl (C=O) groups is 1. The van der Waals surface area contributed by atoms with Gasteiger partial charge in [-0.05, 0) is 65.6 Å². The normalized spacial score (nSPS) is 12.1. The van der Waals surface area contributed by atoms with E-state index in [1.807, 2.05) is 36.4 Å². The fourth-order valence-corrected chi connectivity index (χ4v) is 2.66. The molecule has 5 heteroatoms. The summed E-state index contributed by atoms with van der Waals surface area (Å²) in [6.45, 7) is 2.73. The molecule has 0 aliphatic heterocycles. The second-order valence-electron chi connectivity index (χ2n) is 5.54. The predicted molar refractivity (Wildman–Crippen MR) is 103 cm³/mol. The van der Waals surface area contributed by atoms with E-state index >= 15 is 0 Å². The van der Waals surface area contributed by atoms with Crippen LogP contribution in [-0.4, -0.2) is 23.3 Å². The fraction of sp³-hybridized carbons (Fsp3) is 0.250. The van der Waals surface area contributed by atoms with Crippen LogP contribution in [0.25, 0.3) is 6.08 Å². The van der Waals surface area contributed by atoms with Crippen molar-refractivity contribution in [2.45, 2.75) is 24.7 Å². The SMILES string of the molecule is CCCCOc1ccccc1NC(=O)/C=C/c1ccc([S+](C)[O-])cc1. The highest BCUT2D eigenvalue weighted by atomic mass is 32.2. The number of amides is 1. The topological polar surface area (TPSA) is 61.4 Å². The van der Waals surface area contributed by atoms with Crippen LogP contribution in [0.1, 0.15) is 25.3 Å². The molecule has 0 bridgehead atoms. The van der Waals surface area contributed by atoms with Crippen LogP contribution in [0.4, 0.5) is 5.69 Å². The number of para-hydroxylation sites is 2. The number of hydrogen-bond donors (Lipinski definition) is 1. The zero-order valence-corrected chi connectivity index (χ0v) is 15.3. The van der Waals surface area contributed by atoms with Gasteiger partial charge in [0.1, 0.15) is 12.0 Å². The Morgan fingerprint density at radius 3 is 2.60 bits per heavy atom. The second-order valence-corrected chi connectivity index (χ2v) is 6.92. The molecule has 0 spiro atoms. The molecule has 0 radical (unpaired) electrons. The van der Waals surface area contributed by atoms with Gasteiger partial charge in [-0.25, -0.2) is 0 Å². The predicted octanol–water partition coefficient (Wildman–Crippen LogP) is 4.25. The van der Waals surface area contributed by atoms with Gasteiger partial charge in [0.15, 0.2) is 4.90 Å². The maximum absolute atomic E-state index is 12.1. The molecule has 0 aliphatic carbocycles. The van der Waals surface area contributed by atoms with Crippen molar-refractivity contribution in [3.8, 4) is 5.75 Å². The zero-order valence-electron chi connectivity index (χ0n) is 14.5. The molecule has 0 saturated heterocycles. The molecule has 2 aromatic carbocycles. The molecule has 0 fully saturated rings. The average Bonchev–Trinajstić information content (AvgIpc) is 2.62. The second kappa shape index (κ2) is 9.91. The third-order valence-corrected chi connectivity index (χ3v) is 4.48. The molecule has 0 saturated carbocycles. The first kappa shape index (κ1) is 19.1. The van der Waals surface area contributed by atoms with E-state index < -0.39 is 11.2 Å². The summed E-state index contributed by atoms with van der Waals surface area (Å²) in [6, 6.07) is 14.7. The van der Waals surface area contributed by atoms with Gasteiger partial charge in [-0.1, -0.05) is 25.5 Å². The number of anilines is 1. The molecule has 4 nitrogen and oxygen atoms in total. The summed E-state index contributed by atoms with van der Waals surface area (Å²) in [5.74, 6) is 0.446. The van der Waals surface area contributed by atoms with Crippen LogP contribution in [0.5, 0.6) is 5.75 Å². The van der Waals surface area contributed by atoms with Crippen LogP contribution in [0.3, 0.4) is 0 Å². The lowest BCUT2D eigenvalue weighted by molar-refractivity contribution is -0.111. The van der Waals surface area contributed by atoms with E-state index in [-0.39, 0.29) is 5.91 Å². The minimum absolute atomic E-state index is 0.227. The first-order valence-electron chi connectivity index (χ1n) is 8.24.